The van der Waals surface area contributed by atoms with Gasteiger partial charge < -0.3 is 5.32 Å². The smallest absolute Gasteiger partial charge is 0.232 e. The summed E-state index contributed by atoms with van der Waals surface area (Å²) in [5.74, 6) is 1.70. The molecule has 1 amide bonds. The molecule has 0 aromatic rings. The Kier molecular flexibility index (Phi) is 6.34. The van der Waals surface area contributed by atoms with Gasteiger partial charge in [-0.3, -0.25) is 4.79 Å². The van der Waals surface area contributed by atoms with Crippen molar-refractivity contribution in [2.45, 2.75) is 46.8 Å². The van der Waals surface area contributed by atoms with Gasteiger partial charge in [0, 0.05) is 6.54 Å². The molecule has 0 aliphatic heterocycles. The Hall–Kier alpha value is -0.180. The zero-order valence-electron chi connectivity index (χ0n) is 10.9. The van der Waals surface area contributed by atoms with Gasteiger partial charge in [-0.1, -0.05) is 34.6 Å². The lowest BCUT2D eigenvalue weighted by Crippen LogP contribution is -2.34. The van der Waals surface area contributed by atoms with E-state index in [1.165, 1.54) is 0 Å². The first-order valence-corrected chi connectivity index (χ1v) is 6.66. The average Bonchev–Trinajstić information content (AvgIpc) is 2.08. The van der Waals surface area contributed by atoms with E-state index in [9.17, 15) is 4.79 Å². The summed E-state index contributed by atoms with van der Waals surface area (Å²) in [6.45, 7) is 13.5. The number of thioether (sulfide) groups is 1. The Balaban J connectivity index is 3.79. The van der Waals surface area contributed by atoms with Gasteiger partial charge in [0.05, 0.1) is 5.25 Å². The zero-order valence-corrected chi connectivity index (χ0v) is 11.7. The van der Waals surface area contributed by atoms with Crippen molar-refractivity contribution >= 4 is 17.7 Å². The molecule has 0 unspecified atom stereocenters. The molecular formula is C12H25NOS. The van der Waals surface area contributed by atoms with E-state index in [2.05, 4.69) is 39.9 Å². The van der Waals surface area contributed by atoms with E-state index < -0.39 is 0 Å². The van der Waals surface area contributed by atoms with Crippen LogP contribution in [0, 0.1) is 11.3 Å². The highest BCUT2D eigenvalue weighted by Gasteiger charge is 2.17. The van der Waals surface area contributed by atoms with Gasteiger partial charge in [0.25, 0.3) is 0 Å². The molecule has 0 bridgehead atoms. The second-order valence-electron chi connectivity index (χ2n) is 5.65. The predicted molar refractivity (Wildman–Crippen MR) is 69.2 cm³/mol. The lowest BCUT2D eigenvalue weighted by molar-refractivity contribution is -0.120. The van der Waals surface area contributed by atoms with Crippen LogP contribution in [0.5, 0.6) is 0 Å². The number of rotatable bonds is 5. The molecule has 0 saturated heterocycles. The highest BCUT2D eigenvalue weighted by Crippen LogP contribution is 2.23. The average molecular weight is 231 g/mol. The maximum Gasteiger partial charge on any atom is 0.232 e. The zero-order chi connectivity index (χ0) is 12.1. The fraction of sp³-hybridized carbons (Fsp3) is 0.917. The monoisotopic (exact) mass is 231 g/mol. The van der Waals surface area contributed by atoms with Crippen molar-refractivity contribution in [3.05, 3.63) is 0 Å². The molecule has 3 heteroatoms. The Bertz CT molecular complexity index is 196. The van der Waals surface area contributed by atoms with E-state index in [4.69, 9.17) is 0 Å². The molecule has 0 spiro atoms. The van der Waals surface area contributed by atoms with Crippen LogP contribution in [0.15, 0.2) is 0 Å². The molecule has 0 radical (unpaired) electrons. The van der Waals surface area contributed by atoms with Crippen LogP contribution < -0.4 is 5.32 Å². The molecule has 2 nitrogen and oxygen atoms in total. The molecule has 1 N–H and O–H groups in total. The minimum Gasteiger partial charge on any atom is -0.355 e. The number of amides is 1. The Morgan fingerprint density at radius 2 is 1.80 bits per heavy atom. The quantitative estimate of drug-likeness (QED) is 0.788. The lowest BCUT2D eigenvalue weighted by atomic mass is 10.0. The van der Waals surface area contributed by atoms with Crippen LogP contribution in [0.1, 0.15) is 41.5 Å². The molecule has 0 aliphatic carbocycles. The van der Waals surface area contributed by atoms with Gasteiger partial charge in [0.15, 0.2) is 0 Å². The summed E-state index contributed by atoms with van der Waals surface area (Å²) in [7, 11) is 0. The SMILES string of the molecule is CC(C)CNC(=O)[C@@H](C)SCC(C)(C)C. The summed E-state index contributed by atoms with van der Waals surface area (Å²) in [5.41, 5.74) is 0.289. The normalized spacial score (nSPS) is 14.1. The molecule has 0 fully saturated rings. The molecule has 0 aromatic heterocycles. The first kappa shape index (κ1) is 14.8. The summed E-state index contributed by atoms with van der Waals surface area (Å²) in [6.07, 6.45) is 0. The summed E-state index contributed by atoms with van der Waals surface area (Å²) in [6, 6.07) is 0. The first-order chi connectivity index (χ1) is 6.72. The summed E-state index contributed by atoms with van der Waals surface area (Å²) >= 11 is 1.73. The van der Waals surface area contributed by atoms with Crippen molar-refractivity contribution in [3.8, 4) is 0 Å². The largest absolute Gasteiger partial charge is 0.355 e. The van der Waals surface area contributed by atoms with Crippen molar-refractivity contribution in [1.29, 1.82) is 0 Å². The number of hydrogen-bond acceptors (Lipinski definition) is 2. The van der Waals surface area contributed by atoms with Gasteiger partial charge in [0.2, 0.25) is 5.91 Å². The molecule has 0 aromatic carbocycles. The maximum atomic E-state index is 11.6. The van der Waals surface area contributed by atoms with Gasteiger partial charge in [-0.25, -0.2) is 0 Å². The van der Waals surface area contributed by atoms with Gasteiger partial charge >= 0.3 is 0 Å². The summed E-state index contributed by atoms with van der Waals surface area (Å²) in [5, 5.41) is 3.02. The van der Waals surface area contributed by atoms with E-state index in [0.717, 1.165) is 12.3 Å². The van der Waals surface area contributed by atoms with E-state index in [0.29, 0.717) is 5.92 Å². The highest BCUT2D eigenvalue weighted by molar-refractivity contribution is 8.00. The van der Waals surface area contributed by atoms with E-state index in [-0.39, 0.29) is 16.6 Å². The molecule has 0 heterocycles. The van der Waals surface area contributed by atoms with Crippen molar-refractivity contribution in [3.63, 3.8) is 0 Å². The van der Waals surface area contributed by atoms with Crippen LogP contribution in [-0.4, -0.2) is 23.5 Å². The van der Waals surface area contributed by atoms with Crippen molar-refractivity contribution in [1.82, 2.24) is 5.32 Å². The number of carbonyl (C=O) groups is 1. The number of nitrogens with one attached hydrogen (secondary N) is 1. The summed E-state index contributed by atoms with van der Waals surface area (Å²) in [4.78, 5) is 11.6. The van der Waals surface area contributed by atoms with Crippen LogP contribution in [0.25, 0.3) is 0 Å². The molecule has 1 atom stereocenters. The van der Waals surface area contributed by atoms with Crippen LogP contribution in [0.2, 0.25) is 0 Å². The van der Waals surface area contributed by atoms with Crippen LogP contribution in [-0.2, 0) is 4.79 Å². The number of hydrogen-bond donors (Lipinski definition) is 1. The molecule has 0 saturated carbocycles. The van der Waals surface area contributed by atoms with Gasteiger partial charge in [-0.15, -0.1) is 11.8 Å². The Labute approximate surface area is 98.6 Å². The van der Waals surface area contributed by atoms with E-state index >= 15 is 0 Å². The van der Waals surface area contributed by atoms with Gasteiger partial charge in [0.1, 0.15) is 0 Å². The van der Waals surface area contributed by atoms with Crippen LogP contribution in [0.3, 0.4) is 0 Å². The third kappa shape index (κ3) is 8.79. The first-order valence-electron chi connectivity index (χ1n) is 5.61. The molecule has 0 aliphatic rings. The highest BCUT2D eigenvalue weighted by atomic mass is 32.2. The van der Waals surface area contributed by atoms with E-state index in [1.807, 2.05) is 6.92 Å². The van der Waals surface area contributed by atoms with Crippen molar-refractivity contribution < 1.29 is 4.79 Å². The minimum atomic E-state index is 0.0583. The third-order valence-electron chi connectivity index (χ3n) is 1.82. The van der Waals surface area contributed by atoms with E-state index in [1.54, 1.807) is 11.8 Å². The van der Waals surface area contributed by atoms with Gasteiger partial charge in [-0.2, -0.15) is 0 Å². The fourth-order valence-electron chi connectivity index (χ4n) is 0.899. The molecule has 90 valence electrons. The predicted octanol–water partition coefficient (Wildman–Crippen LogP) is 2.93. The van der Waals surface area contributed by atoms with Crippen molar-refractivity contribution in [2.24, 2.45) is 11.3 Å². The molecule has 0 rings (SSSR count). The Morgan fingerprint density at radius 1 is 1.27 bits per heavy atom. The Morgan fingerprint density at radius 3 is 2.20 bits per heavy atom. The summed E-state index contributed by atoms with van der Waals surface area (Å²) < 4.78 is 0. The van der Waals surface area contributed by atoms with Crippen LogP contribution >= 0.6 is 11.8 Å². The lowest BCUT2D eigenvalue weighted by Gasteiger charge is -2.20. The third-order valence-corrected chi connectivity index (χ3v) is 3.57. The molecule has 15 heavy (non-hydrogen) atoms. The standard InChI is InChI=1S/C12H25NOS/c1-9(2)7-13-11(14)10(3)15-8-12(4,5)6/h9-10H,7-8H2,1-6H3,(H,13,14)/t10-/m1/s1. The number of carbonyl (C=O) groups excluding carboxylic acids is 1. The maximum absolute atomic E-state index is 11.6. The van der Waals surface area contributed by atoms with Gasteiger partial charge in [-0.05, 0) is 24.0 Å². The molecular weight excluding hydrogens is 206 g/mol. The second-order valence-corrected chi connectivity index (χ2v) is 6.98. The minimum absolute atomic E-state index is 0.0583. The second kappa shape index (κ2) is 6.41. The van der Waals surface area contributed by atoms with Crippen LogP contribution in [0.4, 0.5) is 0 Å². The fourth-order valence-corrected chi connectivity index (χ4v) is 1.88. The topological polar surface area (TPSA) is 29.1 Å². The van der Waals surface area contributed by atoms with Crippen molar-refractivity contribution in [2.75, 3.05) is 12.3 Å².